The van der Waals surface area contributed by atoms with Gasteiger partial charge in [-0.2, -0.15) is 0 Å². The van der Waals surface area contributed by atoms with Crippen LogP contribution in [0.1, 0.15) is 162 Å². The van der Waals surface area contributed by atoms with Gasteiger partial charge in [0.25, 0.3) is 0 Å². The van der Waals surface area contributed by atoms with Gasteiger partial charge >= 0.3 is 0 Å². The predicted octanol–water partition coefficient (Wildman–Crippen LogP) is 13.3. The third-order valence-corrected chi connectivity index (χ3v) is 20.3. The van der Waals surface area contributed by atoms with E-state index < -0.39 is 0 Å². The van der Waals surface area contributed by atoms with Crippen LogP contribution in [0.25, 0.3) is 6.08 Å². The highest BCUT2D eigenvalue weighted by Crippen LogP contribution is 2.69. The van der Waals surface area contributed by atoms with E-state index in [1.807, 2.05) is 18.2 Å². The average molecular weight is 865 g/mol. The fourth-order valence-corrected chi connectivity index (χ4v) is 16.8. The first-order chi connectivity index (χ1) is 29.6. The van der Waals surface area contributed by atoms with E-state index in [0.717, 1.165) is 93.6 Å². The van der Waals surface area contributed by atoms with E-state index in [1.165, 1.54) is 74.8 Å². The summed E-state index contributed by atoms with van der Waals surface area (Å²) in [6, 6.07) is 12.9. The third-order valence-electron chi connectivity index (χ3n) is 20.3. The fraction of sp³-hybridized carbons (Fsp3) is 0.684. The number of carbonyl (C=O) groups excluding carboxylic acids is 2. The van der Waals surface area contributed by atoms with Crippen molar-refractivity contribution < 1.29 is 28.6 Å². The molecule has 7 saturated carbocycles. The second kappa shape index (κ2) is 18.0. The Labute approximate surface area is 378 Å². The zero-order valence-corrected chi connectivity index (χ0v) is 38.1. The summed E-state index contributed by atoms with van der Waals surface area (Å²) in [6.45, 7) is 9.79. The minimum absolute atomic E-state index is 0. The second-order valence-electron chi connectivity index (χ2n) is 23.0. The molecule has 7 fully saturated rings. The van der Waals surface area contributed by atoms with E-state index in [0.29, 0.717) is 47.2 Å². The van der Waals surface area contributed by atoms with Gasteiger partial charge in [0, 0.05) is 18.3 Å². The van der Waals surface area contributed by atoms with Crippen molar-refractivity contribution in [3.05, 3.63) is 89.0 Å². The normalized spacial score (nSPS) is 42.4. The molecule has 0 saturated heterocycles. The van der Waals surface area contributed by atoms with E-state index in [9.17, 15) is 28.6 Å². The summed E-state index contributed by atoms with van der Waals surface area (Å²) in [5, 5.41) is 20.4. The molecule has 8 aliphatic rings. The highest BCUT2D eigenvalue weighted by Gasteiger charge is 2.62. The van der Waals surface area contributed by atoms with Crippen molar-refractivity contribution in [2.75, 3.05) is 0 Å². The molecule has 6 heteroatoms. The Kier molecular flexibility index (Phi) is 13.3. The van der Waals surface area contributed by atoms with Crippen LogP contribution in [0.2, 0.25) is 0 Å². The Bertz CT molecular complexity index is 2020. The van der Waals surface area contributed by atoms with Gasteiger partial charge in [-0.3, -0.25) is 9.59 Å². The van der Waals surface area contributed by atoms with E-state index in [4.69, 9.17) is 0 Å². The number of hydrogen-bond donors (Lipinski definition) is 2. The van der Waals surface area contributed by atoms with Gasteiger partial charge in [-0.1, -0.05) is 77.1 Å². The van der Waals surface area contributed by atoms with Crippen LogP contribution in [0.5, 0.6) is 0 Å². The number of benzene rings is 2. The minimum atomic E-state index is -0.253. The fourth-order valence-electron chi connectivity index (χ4n) is 16.8. The van der Waals surface area contributed by atoms with Crippen molar-refractivity contribution in [3.8, 4) is 0 Å². The van der Waals surface area contributed by atoms with E-state index in [2.05, 4.69) is 33.8 Å². The van der Waals surface area contributed by atoms with Gasteiger partial charge in [-0.25, -0.2) is 8.78 Å². The maximum absolute atomic E-state index is 13.3. The number of ketones is 2. The molecular formula is C57H78F2O4. The summed E-state index contributed by atoms with van der Waals surface area (Å²) >= 11 is 0. The van der Waals surface area contributed by atoms with Crippen LogP contribution in [0.3, 0.4) is 0 Å². The molecule has 2 aromatic carbocycles. The number of aryl methyl sites for hydroxylation is 1. The van der Waals surface area contributed by atoms with E-state index in [1.54, 1.807) is 18.2 Å². The molecule has 0 amide bonds. The van der Waals surface area contributed by atoms with Crippen LogP contribution in [0, 0.1) is 86.6 Å². The number of hydrogen-bond acceptors (Lipinski definition) is 4. The lowest BCUT2D eigenvalue weighted by molar-refractivity contribution is -0.139. The summed E-state index contributed by atoms with van der Waals surface area (Å²) in [7, 11) is 0. The molecule has 0 spiro atoms. The average Bonchev–Trinajstić information content (AvgIpc) is 3.81. The minimum Gasteiger partial charge on any atom is -0.393 e. The molecule has 344 valence electrons. The van der Waals surface area contributed by atoms with Crippen molar-refractivity contribution in [2.24, 2.45) is 74.9 Å². The second-order valence-corrected chi connectivity index (χ2v) is 23.0. The first-order valence-corrected chi connectivity index (χ1v) is 24.9. The van der Waals surface area contributed by atoms with Crippen LogP contribution < -0.4 is 0 Å². The quantitative estimate of drug-likeness (QED) is 0.215. The molecule has 8 aliphatic carbocycles. The lowest BCUT2D eigenvalue weighted by atomic mass is 9.44. The number of allylic oxidation sites excluding steroid dienone is 2. The monoisotopic (exact) mass is 865 g/mol. The number of halogens is 2. The molecule has 63 heavy (non-hydrogen) atoms. The van der Waals surface area contributed by atoms with Crippen LogP contribution >= 0.6 is 0 Å². The summed E-state index contributed by atoms with van der Waals surface area (Å²) in [5.41, 5.74) is 4.32. The van der Waals surface area contributed by atoms with Gasteiger partial charge in [0.1, 0.15) is 17.4 Å². The molecule has 0 radical (unpaired) electrons. The Balaban J connectivity index is 0.000000170. The summed E-state index contributed by atoms with van der Waals surface area (Å²) in [6.07, 6.45) is 26.1. The smallest absolute Gasteiger partial charge is 0.159 e. The predicted molar refractivity (Wildman–Crippen MR) is 249 cm³/mol. The largest absolute Gasteiger partial charge is 0.393 e. The summed E-state index contributed by atoms with van der Waals surface area (Å²) in [5.74, 6) is 5.43. The molecule has 0 bridgehead atoms. The third kappa shape index (κ3) is 8.42. The number of fused-ring (bicyclic) bond motifs is 10. The van der Waals surface area contributed by atoms with Gasteiger partial charge in [0.2, 0.25) is 0 Å². The van der Waals surface area contributed by atoms with Crippen LogP contribution in [0.4, 0.5) is 8.78 Å². The first kappa shape index (κ1) is 46.6. The standard InChI is InChI=1S/C28H39FO2.C28H35FO2.CH4/c2*1-27-15-13-21(30)17-19(27)6-9-22-23-10-11-25(28(23,2)16-14-24(22)27)26(31)12-5-18-3-7-20(29)8-4-18;/h3-4,7-8,19,21-25,30H,5-6,9-17H2,1-2H3;3-8,12,21-25,30H,9-11,13-17H2,1-2H3;1H4/b;12-5+;/t19-,21-,22-,23-,24-,25+,27-,28-;21-,22-,23-,24-,25+,27-,28-;/m00./s1. The number of rotatable bonds is 7. The number of aliphatic hydroxyl groups is 2. The van der Waals surface area contributed by atoms with Gasteiger partial charge in [-0.05, 0) is 220 Å². The van der Waals surface area contributed by atoms with Gasteiger partial charge < -0.3 is 10.2 Å². The Hall–Kier alpha value is -2.96. The van der Waals surface area contributed by atoms with Crippen molar-refractivity contribution in [2.45, 2.75) is 169 Å². The topological polar surface area (TPSA) is 74.6 Å². The highest BCUT2D eigenvalue weighted by atomic mass is 19.1. The van der Waals surface area contributed by atoms with Crippen molar-refractivity contribution >= 4 is 17.6 Å². The molecule has 10 rings (SSSR count). The SMILES string of the molecule is C.C[C@]12CC[C@H](O)C[C@@H]1CC[C@@H]1[C@@H]2CC[C@]2(C)[C@@H](C(=O)CCc3ccc(F)cc3)CC[C@@H]12.C[C@]12CC[C@H]3[C@@H](CC=C4C[C@@H](O)CC[C@@]43C)[C@@H]1CC[C@@H]2C(=O)/C=C/c1ccc(F)cc1. The molecule has 15 atom stereocenters. The molecule has 2 aromatic rings. The van der Waals surface area contributed by atoms with E-state index >= 15 is 0 Å². The van der Waals surface area contributed by atoms with E-state index in [-0.39, 0.29) is 65.1 Å². The summed E-state index contributed by atoms with van der Waals surface area (Å²) in [4.78, 5) is 26.6. The van der Waals surface area contributed by atoms with Crippen molar-refractivity contribution in [3.63, 3.8) is 0 Å². The van der Waals surface area contributed by atoms with Gasteiger partial charge in [0.05, 0.1) is 12.2 Å². The maximum Gasteiger partial charge on any atom is 0.159 e. The number of aliphatic hydroxyl groups excluding tert-OH is 2. The number of Topliss-reactive ketones (excluding diaryl/α,β-unsaturated/α-hetero) is 1. The molecule has 2 N–H and O–H groups in total. The first-order valence-electron chi connectivity index (χ1n) is 24.9. The lowest BCUT2D eigenvalue weighted by Gasteiger charge is -2.60. The van der Waals surface area contributed by atoms with Crippen molar-refractivity contribution in [1.29, 1.82) is 0 Å². The zero-order chi connectivity index (χ0) is 43.6. The molecule has 0 heterocycles. The molecule has 0 unspecified atom stereocenters. The van der Waals surface area contributed by atoms with Gasteiger partial charge in [0.15, 0.2) is 5.78 Å². The Morgan fingerprint density at radius 2 is 1.24 bits per heavy atom. The van der Waals surface area contributed by atoms with Crippen LogP contribution in [-0.2, 0) is 16.0 Å². The van der Waals surface area contributed by atoms with Crippen LogP contribution in [0.15, 0.2) is 66.3 Å². The lowest BCUT2D eigenvalue weighted by Crippen LogP contribution is -2.54. The molecule has 0 aromatic heterocycles. The van der Waals surface area contributed by atoms with Crippen LogP contribution in [-0.4, -0.2) is 34.0 Å². The zero-order valence-electron chi connectivity index (χ0n) is 38.1. The summed E-state index contributed by atoms with van der Waals surface area (Å²) < 4.78 is 26.3. The molecular weight excluding hydrogens is 787 g/mol. The Morgan fingerprint density at radius 3 is 1.95 bits per heavy atom. The Morgan fingerprint density at radius 1 is 0.651 bits per heavy atom. The van der Waals surface area contributed by atoms with Crippen molar-refractivity contribution in [1.82, 2.24) is 0 Å². The number of carbonyl (C=O) groups is 2. The highest BCUT2D eigenvalue weighted by molar-refractivity contribution is 5.96. The molecule has 0 aliphatic heterocycles. The van der Waals surface area contributed by atoms with Gasteiger partial charge in [-0.15, -0.1) is 0 Å². The maximum atomic E-state index is 13.3. The molecule has 4 nitrogen and oxygen atoms in total.